The first kappa shape index (κ1) is 13.8. The Balaban J connectivity index is 2.44. The number of para-hydroxylation sites is 1. The molecule has 1 atom stereocenters. The van der Waals surface area contributed by atoms with Crippen molar-refractivity contribution < 1.29 is 13.2 Å². The second kappa shape index (κ2) is 5.18. The van der Waals surface area contributed by atoms with Gasteiger partial charge in [-0.2, -0.15) is 4.31 Å². The van der Waals surface area contributed by atoms with E-state index in [0.717, 1.165) is 0 Å². The fourth-order valence-corrected chi connectivity index (χ4v) is 3.99. The van der Waals surface area contributed by atoms with Gasteiger partial charge in [0.15, 0.2) is 0 Å². The molecule has 2 rings (SSSR count). The highest BCUT2D eigenvalue weighted by molar-refractivity contribution is 7.89. The van der Waals surface area contributed by atoms with Crippen LogP contribution in [0.3, 0.4) is 0 Å². The van der Waals surface area contributed by atoms with E-state index in [4.69, 9.17) is 5.73 Å². The molecule has 1 heterocycles. The van der Waals surface area contributed by atoms with Crippen molar-refractivity contribution in [1.29, 1.82) is 0 Å². The van der Waals surface area contributed by atoms with Gasteiger partial charge in [0.2, 0.25) is 15.9 Å². The molecule has 19 heavy (non-hydrogen) atoms. The van der Waals surface area contributed by atoms with E-state index in [1.165, 1.54) is 16.4 Å². The highest BCUT2D eigenvalue weighted by Crippen LogP contribution is 2.25. The zero-order valence-electron chi connectivity index (χ0n) is 10.7. The van der Waals surface area contributed by atoms with Gasteiger partial charge in [-0.05, 0) is 18.6 Å². The number of hydrogen-bond donors (Lipinski definition) is 2. The maximum absolute atomic E-state index is 12.6. The summed E-state index contributed by atoms with van der Waals surface area (Å²) in [4.78, 5) is 11.8. The lowest BCUT2D eigenvalue weighted by molar-refractivity contribution is -0.126. The number of rotatable bonds is 3. The summed E-state index contributed by atoms with van der Waals surface area (Å²) in [5, 5.41) is 2.67. The van der Waals surface area contributed by atoms with Crippen molar-refractivity contribution in [1.82, 2.24) is 9.62 Å². The highest BCUT2D eigenvalue weighted by Gasteiger charge is 2.37. The van der Waals surface area contributed by atoms with Gasteiger partial charge in [0.25, 0.3) is 0 Å². The van der Waals surface area contributed by atoms with E-state index in [2.05, 4.69) is 5.32 Å². The van der Waals surface area contributed by atoms with E-state index < -0.39 is 16.1 Å². The Labute approximate surface area is 112 Å². The summed E-state index contributed by atoms with van der Waals surface area (Å²) in [6.07, 6.45) is 0.428. The first-order valence-corrected chi connectivity index (χ1v) is 7.56. The van der Waals surface area contributed by atoms with Crippen LogP contribution in [0.5, 0.6) is 0 Å². The summed E-state index contributed by atoms with van der Waals surface area (Å²) in [6, 6.07) is 5.63. The Bertz CT molecular complexity index is 586. The SMILES string of the molecule is CCC1C(=O)NCCN1S(=O)(=O)c1ccccc1N. The molecule has 1 unspecified atom stereocenters. The van der Waals surface area contributed by atoms with Gasteiger partial charge in [-0.25, -0.2) is 8.42 Å². The Kier molecular flexibility index (Phi) is 3.77. The Morgan fingerprint density at radius 1 is 1.42 bits per heavy atom. The Morgan fingerprint density at radius 2 is 2.11 bits per heavy atom. The molecule has 1 fully saturated rings. The predicted molar refractivity (Wildman–Crippen MR) is 71.8 cm³/mol. The van der Waals surface area contributed by atoms with E-state index in [1.807, 2.05) is 0 Å². The first-order chi connectivity index (χ1) is 8.98. The smallest absolute Gasteiger partial charge is 0.245 e. The zero-order valence-corrected chi connectivity index (χ0v) is 11.5. The monoisotopic (exact) mass is 283 g/mol. The van der Waals surface area contributed by atoms with Crippen molar-refractivity contribution in [2.24, 2.45) is 0 Å². The third-order valence-electron chi connectivity index (χ3n) is 3.17. The minimum absolute atomic E-state index is 0.0585. The van der Waals surface area contributed by atoms with Crippen molar-refractivity contribution in [3.63, 3.8) is 0 Å². The third-order valence-corrected chi connectivity index (χ3v) is 5.16. The van der Waals surface area contributed by atoms with Gasteiger partial charge in [-0.3, -0.25) is 4.79 Å². The summed E-state index contributed by atoms with van der Waals surface area (Å²) < 4.78 is 26.4. The first-order valence-electron chi connectivity index (χ1n) is 6.12. The van der Waals surface area contributed by atoms with Crippen molar-refractivity contribution in [2.45, 2.75) is 24.3 Å². The van der Waals surface area contributed by atoms with Gasteiger partial charge < -0.3 is 11.1 Å². The zero-order chi connectivity index (χ0) is 14.0. The van der Waals surface area contributed by atoms with E-state index in [9.17, 15) is 13.2 Å². The molecule has 1 aromatic carbocycles. The number of amides is 1. The fourth-order valence-electron chi connectivity index (χ4n) is 2.21. The van der Waals surface area contributed by atoms with Gasteiger partial charge in [0, 0.05) is 13.1 Å². The van der Waals surface area contributed by atoms with Crippen LogP contribution >= 0.6 is 0 Å². The van der Waals surface area contributed by atoms with Crippen LogP contribution in [-0.4, -0.2) is 37.8 Å². The molecule has 0 saturated carbocycles. The number of sulfonamides is 1. The average molecular weight is 283 g/mol. The molecule has 7 heteroatoms. The van der Waals surface area contributed by atoms with Crippen molar-refractivity contribution >= 4 is 21.6 Å². The topological polar surface area (TPSA) is 92.5 Å². The number of carbonyl (C=O) groups excluding carboxylic acids is 1. The molecule has 0 radical (unpaired) electrons. The van der Waals surface area contributed by atoms with E-state index in [1.54, 1.807) is 19.1 Å². The van der Waals surface area contributed by atoms with Crippen molar-refractivity contribution in [2.75, 3.05) is 18.8 Å². The van der Waals surface area contributed by atoms with Gasteiger partial charge in [0.1, 0.15) is 10.9 Å². The van der Waals surface area contributed by atoms with Crippen LogP contribution in [0, 0.1) is 0 Å². The molecule has 0 aromatic heterocycles. The van der Waals surface area contributed by atoms with E-state index in [-0.39, 0.29) is 23.0 Å². The van der Waals surface area contributed by atoms with Crippen LogP contribution in [0.25, 0.3) is 0 Å². The average Bonchev–Trinajstić information content (AvgIpc) is 2.38. The summed E-state index contributed by atoms with van der Waals surface area (Å²) >= 11 is 0. The quantitative estimate of drug-likeness (QED) is 0.773. The number of piperazine rings is 1. The summed E-state index contributed by atoms with van der Waals surface area (Å²) in [7, 11) is -3.74. The molecule has 1 aliphatic rings. The second-order valence-electron chi connectivity index (χ2n) is 4.37. The van der Waals surface area contributed by atoms with Gasteiger partial charge in [-0.1, -0.05) is 19.1 Å². The van der Waals surface area contributed by atoms with Crippen molar-refractivity contribution in [3.8, 4) is 0 Å². The molecule has 104 valence electrons. The lowest BCUT2D eigenvalue weighted by Gasteiger charge is -2.33. The number of hydrogen-bond acceptors (Lipinski definition) is 4. The van der Waals surface area contributed by atoms with E-state index >= 15 is 0 Å². The van der Waals surface area contributed by atoms with Crippen molar-refractivity contribution in [3.05, 3.63) is 24.3 Å². The van der Waals surface area contributed by atoms with Crippen LogP contribution < -0.4 is 11.1 Å². The van der Waals surface area contributed by atoms with Crippen LogP contribution in [0.15, 0.2) is 29.2 Å². The van der Waals surface area contributed by atoms with Gasteiger partial charge in [-0.15, -0.1) is 0 Å². The third kappa shape index (κ3) is 2.43. The number of anilines is 1. The molecular weight excluding hydrogens is 266 g/mol. The number of nitrogens with two attached hydrogens (primary N) is 1. The summed E-state index contributed by atoms with van der Waals surface area (Å²) in [5.41, 5.74) is 5.93. The predicted octanol–water partition coefficient (Wildman–Crippen LogP) is 0.168. The fraction of sp³-hybridized carbons (Fsp3) is 0.417. The molecule has 0 aliphatic carbocycles. The lowest BCUT2D eigenvalue weighted by atomic mass is 10.2. The molecule has 1 aliphatic heterocycles. The normalized spacial score (nSPS) is 21.1. The number of benzene rings is 1. The number of nitrogen functional groups attached to an aromatic ring is 1. The standard InChI is InChI=1S/C12H17N3O3S/c1-2-10-12(16)14-7-8-15(10)19(17,18)11-6-4-3-5-9(11)13/h3-6,10H,2,7-8,13H2,1H3,(H,14,16). The van der Waals surface area contributed by atoms with Crippen LogP contribution in [0.1, 0.15) is 13.3 Å². The Hall–Kier alpha value is -1.60. The van der Waals surface area contributed by atoms with Gasteiger partial charge >= 0.3 is 0 Å². The van der Waals surface area contributed by atoms with Crippen LogP contribution in [0.2, 0.25) is 0 Å². The van der Waals surface area contributed by atoms with Gasteiger partial charge in [0.05, 0.1) is 5.69 Å². The van der Waals surface area contributed by atoms with Crippen LogP contribution in [-0.2, 0) is 14.8 Å². The van der Waals surface area contributed by atoms with E-state index in [0.29, 0.717) is 13.0 Å². The molecular formula is C12H17N3O3S. The maximum atomic E-state index is 12.6. The molecule has 6 nitrogen and oxygen atoms in total. The number of carbonyl (C=O) groups is 1. The highest BCUT2D eigenvalue weighted by atomic mass is 32.2. The molecule has 3 N–H and O–H groups in total. The molecule has 1 aromatic rings. The minimum atomic E-state index is -3.74. The molecule has 1 amide bonds. The Morgan fingerprint density at radius 3 is 2.74 bits per heavy atom. The minimum Gasteiger partial charge on any atom is -0.398 e. The lowest BCUT2D eigenvalue weighted by Crippen LogP contribution is -2.56. The molecule has 0 spiro atoms. The molecule has 1 saturated heterocycles. The number of nitrogens with zero attached hydrogens (tertiary/aromatic N) is 1. The maximum Gasteiger partial charge on any atom is 0.245 e. The molecule has 0 bridgehead atoms. The number of nitrogens with one attached hydrogen (secondary N) is 1. The largest absolute Gasteiger partial charge is 0.398 e. The van der Waals surface area contributed by atoms with Crippen LogP contribution in [0.4, 0.5) is 5.69 Å². The second-order valence-corrected chi connectivity index (χ2v) is 6.23. The summed E-state index contributed by atoms with van der Waals surface area (Å²) in [6.45, 7) is 2.37. The summed E-state index contributed by atoms with van der Waals surface area (Å²) in [5.74, 6) is -0.258.